The first-order valence-electron chi connectivity index (χ1n) is 6.45. The lowest BCUT2D eigenvalue weighted by Crippen LogP contribution is -2.42. The summed E-state index contributed by atoms with van der Waals surface area (Å²) in [6, 6.07) is 5.11. The molecular weight excluding hydrogens is 253 g/mol. The van der Waals surface area contributed by atoms with E-state index in [1.54, 1.807) is 18.2 Å². The number of nitrogens with zero attached hydrogens (tertiary/aromatic N) is 1. The molecule has 2 nitrogen and oxygen atoms in total. The molecule has 0 amide bonds. The summed E-state index contributed by atoms with van der Waals surface area (Å²) >= 11 is 5.78. The zero-order valence-electron chi connectivity index (χ0n) is 10.6. The number of piperidine rings is 1. The molecule has 1 aliphatic rings. The number of rotatable bonds is 3. The van der Waals surface area contributed by atoms with Gasteiger partial charge < -0.3 is 5.11 Å². The second kappa shape index (κ2) is 6.00. The van der Waals surface area contributed by atoms with Gasteiger partial charge in [-0.2, -0.15) is 0 Å². The van der Waals surface area contributed by atoms with Gasteiger partial charge in [-0.3, -0.25) is 4.90 Å². The Balaban J connectivity index is 2.03. The first-order valence-corrected chi connectivity index (χ1v) is 6.83. The summed E-state index contributed by atoms with van der Waals surface area (Å²) in [5, 5.41) is 10.0. The molecule has 0 radical (unpaired) electrons. The predicted octanol–water partition coefficient (Wildman–Crippen LogP) is 3.07. The number of hydrogen-bond donors (Lipinski definition) is 1. The van der Waals surface area contributed by atoms with Gasteiger partial charge in [0, 0.05) is 25.2 Å². The number of likely N-dealkylation sites (tertiary alicyclic amines) is 1. The summed E-state index contributed by atoms with van der Waals surface area (Å²) in [4.78, 5) is 2.19. The Morgan fingerprint density at radius 1 is 1.50 bits per heavy atom. The third-order valence-electron chi connectivity index (χ3n) is 3.73. The van der Waals surface area contributed by atoms with Crippen LogP contribution in [0, 0.1) is 11.7 Å². The largest absolute Gasteiger partial charge is 0.393 e. The first kappa shape index (κ1) is 13.8. The highest BCUT2D eigenvalue weighted by atomic mass is 35.5. The molecule has 0 spiro atoms. The fraction of sp³-hybridized carbons (Fsp3) is 0.571. The Kier molecular flexibility index (Phi) is 4.60. The minimum atomic E-state index is -0.321. The van der Waals surface area contributed by atoms with Crippen molar-refractivity contribution in [1.29, 1.82) is 0 Å². The lowest BCUT2D eigenvalue weighted by Gasteiger charge is -2.35. The standard InChI is InChI=1S/C14H19ClFNO/c1-2-10-8-17(7-6-13(10)18)9-11-4-3-5-12(15)14(11)16/h3-5,10,13,18H,2,6-9H2,1H3. The smallest absolute Gasteiger partial charge is 0.146 e. The van der Waals surface area contributed by atoms with Crippen LogP contribution in [0.3, 0.4) is 0 Å². The zero-order valence-corrected chi connectivity index (χ0v) is 11.3. The maximum Gasteiger partial charge on any atom is 0.146 e. The summed E-state index contributed by atoms with van der Waals surface area (Å²) in [6.07, 6.45) is 1.51. The molecule has 0 aliphatic carbocycles. The molecule has 1 N–H and O–H groups in total. The molecule has 1 saturated heterocycles. The third kappa shape index (κ3) is 3.02. The van der Waals surface area contributed by atoms with Gasteiger partial charge in [-0.15, -0.1) is 0 Å². The van der Waals surface area contributed by atoms with E-state index in [0.717, 1.165) is 25.9 Å². The molecule has 1 aromatic carbocycles. The Labute approximate surface area is 112 Å². The fourth-order valence-corrected chi connectivity index (χ4v) is 2.75. The van der Waals surface area contributed by atoms with Crippen LogP contribution in [-0.2, 0) is 6.54 Å². The zero-order chi connectivity index (χ0) is 13.1. The first-order chi connectivity index (χ1) is 8.61. The van der Waals surface area contributed by atoms with Crippen LogP contribution < -0.4 is 0 Å². The number of aliphatic hydroxyl groups excluding tert-OH is 1. The minimum absolute atomic E-state index is 0.177. The summed E-state index contributed by atoms with van der Waals surface area (Å²) in [5.41, 5.74) is 0.633. The van der Waals surface area contributed by atoms with E-state index in [1.165, 1.54) is 0 Å². The van der Waals surface area contributed by atoms with Crippen molar-refractivity contribution in [3.05, 3.63) is 34.6 Å². The van der Waals surface area contributed by atoms with E-state index < -0.39 is 0 Å². The van der Waals surface area contributed by atoms with E-state index in [-0.39, 0.29) is 16.9 Å². The van der Waals surface area contributed by atoms with Gasteiger partial charge in [-0.1, -0.05) is 30.7 Å². The molecule has 0 bridgehead atoms. The molecule has 2 atom stereocenters. The number of benzene rings is 1. The fourth-order valence-electron chi connectivity index (χ4n) is 2.55. The maximum absolute atomic E-state index is 13.8. The number of halogens is 2. The second-order valence-electron chi connectivity index (χ2n) is 4.97. The quantitative estimate of drug-likeness (QED) is 0.913. The molecule has 1 heterocycles. The lowest BCUT2D eigenvalue weighted by atomic mass is 9.92. The highest BCUT2D eigenvalue weighted by Crippen LogP contribution is 2.24. The molecule has 1 aliphatic heterocycles. The number of hydrogen-bond acceptors (Lipinski definition) is 2. The van der Waals surface area contributed by atoms with Crippen LogP contribution >= 0.6 is 11.6 Å². The van der Waals surface area contributed by atoms with Crippen molar-refractivity contribution in [2.75, 3.05) is 13.1 Å². The van der Waals surface area contributed by atoms with Gasteiger partial charge in [0.1, 0.15) is 5.82 Å². The topological polar surface area (TPSA) is 23.5 Å². The Morgan fingerprint density at radius 2 is 2.28 bits per heavy atom. The molecule has 4 heteroatoms. The highest BCUT2D eigenvalue weighted by Gasteiger charge is 2.26. The third-order valence-corrected chi connectivity index (χ3v) is 4.02. The van der Waals surface area contributed by atoms with E-state index >= 15 is 0 Å². The Hall–Kier alpha value is -0.640. The van der Waals surface area contributed by atoms with Gasteiger partial charge in [0.2, 0.25) is 0 Å². The summed E-state index contributed by atoms with van der Waals surface area (Å²) in [6.45, 7) is 4.28. The molecule has 2 unspecified atom stereocenters. The van der Waals surface area contributed by atoms with Crippen LogP contribution in [0.25, 0.3) is 0 Å². The average Bonchev–Trinajstić information content (AvgIpc) is 2.37. The molecule has 2 rings (SSSR count). The van der Waals surface area contributed by atoms with Crippen molar-refractivity contribution in [3.63, 3.8) is 0 Å². The van der Waals surface area contributed by atoms with Gasteiger partial charge in [-0.25, -0.2) is 4.39 Å². The molecule has 100 valence electrons. The van der Waals surface area contributed by atoms with Crippen molar-refractivity contribution in [2.24, 2.45) is 5.92 Å². The molecule has 1 aromatic rings. The van der Waals surface area contributed by atoms with Crippen molar-refractivity contribution >= 4 is 11.6 Å². The second-order valence-corrected chi connectivity index (χ2v) is 5.38. The maximum atomic E-state index is 13.8. The highest BCUT2D eigenvalue weighted by molar-refractivity contribution is 6.30. The van der Waals surface area contributed by atoms with Crippen molar-refractivity contribution in [3.8, 4) is 0 Å². The molecular formula is C14H19ClFNO. The van der Waals surface area contributed by atoms with Gasteiger partial charge in [0.25, 0.3) is 0 Å². The molecule has 1 fully saturated rings. The van der Waals surface area contributed by atoms with Crippen LogP contribution in [0.4, 0.5) is 4.39 Å². The van der Waals surface area contributed by atoms with Gasteiger partial charge in [0.05, 0.1) is 11.1 Å². The Morgan fingerprint density at radius 3 is 3.00 bits per heavy atom. The van der Waals surface area contributed by atoms with Crippen molar-refractivity contribution in [1.82, 2.24) is 4.90 Å². The van der Waals surface area contributed by atoms with Crippen LogP contribution in [-0.4, -0.2) is 29.2 Å². The van der Waals surface area contributed by atoms with Crippen LogP contribution in [0.1, 0.15) is 25.3 Å². The van der Waals surface area contributed by atoms with Crippen molar-refractivity contribution < 1.29 is 9.50 Å². The minimum Gasteiger partial charge on any atom is -0.393 e. The average molecular weight is 272 g/mol. The van der Waals surface area contributed by atoms with E-state index in [9.17, 15) is 9.50 Å². The van der Waals surface area contributed by atoms with Crippen LogP contribution in [0.5, 0.6) is 0 Å². The molecule has 0 saturated carbocycles. The van der Waals surface area contributed by atoms with E-state index in [0.29, 0.717) is 18.0 Å². The Bertz CT molecular complexity index is 413. The SMILES string of the molecule is CCC1CN(Cc2cccc(Cl)c2F)CCC1O. The lowest BCUT2D eigenvalue weighted by molar-refractivity contribution is 0.0218. The normalized spacial score (nSPS) is 25.3. The van der Waals surface area contributed by atoms with E-state index in [1.807, 2.05) is 0 Å². The van der Waals surface area contributed by atoms with Gasteiger partial charge >= 0.3 is 0 Å². The molecule has 0 aromatic heterocycles. The van der Waals surface area contributed by atoms with Gasteiger partial charge in [0.15, 0.2) is 0 Å². The monoisotopic (exact) mass is 271 g/mol. The summed E-state index contributed by atoms with van der Waals surface area (Å²) in [5.74, 6) is -0.0284. The summed E-state index contributed by atoms with van der Waals surface area (Å²) in [7, 11) is 0. The van der Waals surface area contributed by atoms with Crippen LogP contribution in [0.15, 0.2) is 18.2 Å². The van der Waals surface area contributed by atoms with E-state index in [2.05, 4.69) is 11.8 Å². The molecule has 18 heavy (non-hydrogen) atoms. The van der Waals surface area contributed by atoms with Gasteiger partial charge in [-0.05, 0) is 24.8 Å². The summed E-state index contributed by atoms with van der Waals surface area (Å²) < 4.78 is 13.8. The van der Waals surface area contributed by atoms with Crippen LogP contribution in [0.2, 0.25) is 5.02 Å². The number of aliphatic hydroxyl groups is 1. The predicted molar refractivity (Wildman–Crippen MR) is 71.1 cm³/mol. The van der Waals surface area contributed by atoms with Crippen molar-refractivity contribution in [2.45, 2.75) is 32.4 Å². The van der Waals surface area contributed by atoms with E-state index in [4.69, 9.17) is 11.6 Å².